The minimum absolute atomic E-state index is 0.204. The molecule has 0 radical (unpaired) electrons. The summed E-state index contributed by atoms with van der Waals surface area (Å²) < 4.78 is 27.0. The summed E-state index contributed by atoms with van der Waals surface area (Å²) >= 11 is 5.94. The fourth-order valence-corrected chi connectivity index (χ4v) is 3.33. The maximum absolute atomic E-state index is 12.2. The van der Waals surface area contributed by atoms with Gasteiger partial charge in [0.1, 0.15) is 0 Å². The summed E-state index contributed by atoms with van der Waals surface area (Å²) in [4.78, 5) is 2.46. The molecule has 3 N–H and O–H groups in total. The number of nitrogens with two attached hydrogens (primary N) is 1. The van der Waals surface area contributed by atoms with Crippen LogP contribution in [0.4, 0.5) is 0 Å². The van der Waals surface area contributed by atoms with E-state index in [4.69, 9.17) is 17.3 Å². The molecule has 1 aromatic rings. The van der Waals surface area contributed by atoms with Crippen molar-refractivity contribution < 1.29 is 8.42 Å². The normalized spacial score (nSPS) is 12.0. The molecule has 0 saturated carbocycles. The van der Waals surface area contributed by atoms with Gasteiger partial charge in [0.2, 0.25) is 10.0 Å². The summed E-state index contributed by atoms with van der Waals surface area (Å²) in [6, 6.07) is 4.58. The number of rotatable bonds is 9. The van der Waals surface area contributed by atoms with Gasteiger partial charge in [0.15, 0.2) is 0 Å². The molecule has 0 amide bonds. The third-order valence-electron chi connectivity index (χ3n) is 3.39. The van der Waals surface area contributed by atoms with Crippen molar-refractivity contribution in [3.63, 3.8) is 0 Å². The Hall–Kier alpha value is -0.660. The lowest BCUT2D eigenvalue weighted by atomic mass is 10.2. The van der Waals surface area contributed by atoms with Crippen molar-refractivity contribution in [1.82, 2.24) is 9.62 Å². The first kappa shape index (κ1) is 18.4. The minimum Gasteiger partial charge on any atom is -0.326 e. The summed E-state index contributed by atoms with van der Waals surface area (Å²) in [6.07, 6.45) is 0.776. The first-order valence-electron chi connectivity index (χ1n) is 7.15. The molecule has 0 fully saturated rings. The highest BCUT2D eigenvalue weighted by Crippen LogP contribution is 2.19. The molecular formula is C14H24ClN3O2S. The van der Waals surface area contributed by atoms with Crippen LogP contribution < -0.4 is 10.5 Å². The summed E-state index contributed by atoms with van der Waals surface area (Å²) in [5.41, 5.74) is 6.17. The average molecular weight is 334 g/mol. The van der Waals surface area contributed by atoms with Crippen LogP contribution in [0.15, 0.2) is 23.1 Å². The van der Waals surface area contributed by atoms with E-state index >= 15 is 0 Å². The van der Waals surface area contributed by atoms with Gasteiger partial charge >= 0.3 is 0 Å². The zero-order chi connectivity index (χ0) is 15.9. The van der Waals surface area contributed by atoms with Gasteiger partial charge in [0.05, 0.1) is 4.90 Å². The maximum atomic E-state index is 12.2. The van der Waals surface area contributed by atoms with Gasteiger partial charge < -0.3 is 10.6 Å². The van der Waals surface area contributed by atoms with Crippen molar-refractivity contribution in [3.8, 4) is 0 Å². The molecule has 0 aromatic heterocycles. The SMILES string of the molecule is CCN(CC)CCCNS(=O)(=O)c1ccc(Cl)c(CN)c1. The number of nitrogens with zero attached hydrogens (tertiary/aromatic N) is 1. The summed E-state index contributed by atoms with van der Waals surface area (Å²) in [5, 5.41) is 0.484. The van der Waals surface area contributed by atoms with Crippen LogP contribution in [0.25, 0.3) is 0 Å². The molecule has 0 spiro atoms. The first-order valence-corrected chi connectivity index (χ1v) is 9.01. The molecule has 5 nitrogen and oxygen atoms in total. The van der Waals surface area contributed by atoms with Crippen molar-refractivity contribution in [2.75, 3.05) is 26.2 Å². The number of sulfonamides is 1. The van der Waals surface area contributed by atoms with Crippen molar-refractivity contribution in [3.05, 3.63) is 28.8 Å². The molecular weight excluding hydrogens is 310 g/mol. The van der Waals surface area contributed by atoms with Crippen LogP contribution in [0.1, 0.15) is 25.8 Å². The Balaban J connectivity index is 2.61. The molecule has 0 unspecified atom stereocenters. The molecule has 1 rings (SSSR count). The zero-order valence-corrected chi connectivity index (χ0v) is 14.2. The Bertz CT molecular complexity index is 545. The molecule has 0 atom stereocenters. The first-order chi connectivity index (χ1) is 9.94. The van der Waals surface area contributed by atoms with E-state index in [9.17, 15) is 8.42 Å². The van der Waals surface area contributed by atoms with Gasteiger partial charge in [-0.2, -0.15) is 0 Å². The molecule has 1 aromatic carbocycles. The largest absolute Gasteiger partial charge is 0.326 e. The summed E-state index contributed by atoms with van der Waals surface area (Å²) in [7, 11) is -3.50. The predicted molar refractivity (Wildman–Crippen MR) is 86.9 cm³/mol. The van der Waals surface area contributed by atoms with Gasteiger partial charge in [0.25, 0.3) is 0 Å². The molecule has 0 heterocycles. The third kappa shape index (κ3) is 5.56. The standard InChI is InChI=1S/C14H24ClN3O2S/c1-3-18(4-2)9-5-8-17-21(19,20)13-6-7-14(15)12(10-13)11-16/h6-7,10,17H,3-5,8-9,11,16H2,1-2H3. The molecule has 120 valence electrons. The quantitative estimate of drug-likeness (QED) is 0.676. The Kier molecular flexibility index (Phi) is 7.62. The maximum Gasteiger partial charge on any atom is 0.240 e. The van der Waals surface area contributed by atoms with Gasteiger partial charge in [0, 0.05) is 18.1 Å². The van der Waals surface area contributed by atoms with E-state index < -0.39 is 10.0 Å². The van der Waals surface area contributed by atoms with Crippen LogP contribution in [0, 0.1) is 0 Å². The second kappa shape index (κ2) is 8.70. The lowest BCUT2D eigenvalue weighted by Gasteiger charge is -2.17. The topological polar surface area (TPSA) is 75.4 Å². The van der Waals surface area contributed by atoms with Crippen LogP contribution in [0.2, 0.25) is 5.02 Å². The van der Waals surface area contributed by atoms with Crippen LogP contribution in [-0.2, 0) is 16.6 Å². The Labute approximate surface area is 132 Å². The van der Waals surface area contributed by atoms with Gasteiger partial charge in [-0.25, -0.2) is 13.1 Å². The lowest BCUT2D eigenvalue weighted by Crippen LogP contribution is -2.30. The molecule has 7 heteroatoms. The third-order valence-corrected chi connectivity index (χ3v) is 5.21. The summed E-state index contributed by atoms with van der Waals surface area (Å²) in [5.74, 6) is 0. The van der Waals surface area contributed by atoms with Crippen LogP contribution >= 0.6 is 11.6 Å². The summed E-state index contributed by atoms with van der Waals surface area (Å²) in [6.45, 7) is 7.64. The van der Waals surface area contributed by atoms with Crippen molar-refractivity contribution in [2.24, 2.45) is 5.73 Å². The second-order valence-electron chi connectivity index (χ2n) is 4.74. The number of nitrogens with one attached hydrogen (secondary N) is 1. The van der Waals surface area contributed by atoms with E-state index in [0.29, 0.717) is 17.1 Å². The number of hydrogen-bond acceptors (Lipinski definition) is 4. The van der Waals surface area contributed by atoms with E-state index in [1.807, 2.05) is 0 Å². The van der Waals surface area contributed by atoms with Gasteiger partial charge in [-0.3, -0.25) is 0 Å². The molecule has 0 aliphatic carbocycles. The predicted octanol–water partition coefficient (Wildman–Crippen LogP) is 1.81. The van der Waals surface area contributed by atoms with E-state index in [1.165, 1.54) is 12.1 Å². The fourth-order valence-electron chi connectivity index (χ4n) is 2.01. The minimum atomic E-state index is -3.50. The fraction of sp³-hybridized carbons (Fsp3) is 0.571. The highest BCUT2D eigenvalue weighted by atomic mass is 35.5. The number of halogens is 1. The zero-order valence-electron chi connectivity index (χ0n) is 12.6. The number of benzene rings is 1. The Morgan fingerprint density at radius 2 is 1.95 bits per heavy atom. The van der Waals surface area contributed by atoms with Crippen LogP contribution in [-0.4, -0.2) is 39.5 Å². The monoisotopic (exact) mass is 333 g/mol. The molecule has 0 saturated heterocycles. The van der Waals surface area contributed by atoms with Crippen molar-refractivity contribution >= 4 is 21.6 Å². The molecule has 0 aliphatic heterocycles. The van der Waals surface area contributed by atoms with Crippen molar-refractivity contribution in [2.45, 2.75) is 31.7 Å². The van der Waals surface area contributed by atoms with Crippen LogP contribution in [0.5, 0.6) is 0 Å². The van der Waals surface area contributed by atoms with Crippen LogP contribution in [0.3, 0.4) is 0 Å². The van der Waals surface area contributed by atoms with Gasteiger partial charge in [-0.1, -0.05) is 25.4 Å². The lowest BCUT2D eigenvalue weighted by molar-refractivity contribution is 0.300. The molecule has 0 bridgehead atoms. The van der Waals surface area contributed by atoms with E-state index in [0.717, 1.165) is 26.1 Å². The average Bonchev–Trinajstić information content (AvgIpc) is 2.47. The van der Waals surface area contributed by atoms with E-state index in [-0.39, 0.29) is 11.4 Å². The highest BCUT2D eigenvalue weighted by Gasteiger charge is 2.15. The Morgan fingerprint density at radius 3 is 2.52 bits per heavy atom. The van der Waals surface area contributed by atoms with E-state index in [2.05, 4.69) is 23.5 Å². The molecule has 21 heavy (non-hydrogen) atoms. The van der Waals surface area contributed by atoms with E-state index in [1.54, 1.807) is 6.07 Å². The smallest absolute Gasteiger partial charge is 0.240 e. The highest BCUT2D eigenvalue weighted by molar-refractivity contribution is 7.89. The Morgan fingerprint density at radius 1 is 1.29 bits per heavy atom. The molecule has 0 aliphatic rings. The number of hydrogen-bond donors (Lipinski definition) is 2. The van der Waals surface area contributed by atoms with Crippen molar-refractivity contribution in [1.29, 1.82) is 0 Å². The van der Waals surface area contributed by atoms with Gasteiger partial charge in [-0.05, 0) is 49.8 Å². The van der Waals surface area contributed by atoms with Gasteiger partial charge in [-0.15, -0.1) is 0 Å². The second-order valence-corrected chi connectivity index (χ2v) is 6.91.